The Bertz CT molecular complexity index is 284. The lowest BCUT2D eigenvalue weighted by Gasteiger charge is -2.11. The Labute approximate surface area is 106 Å². The molecule has 0 aliphatic heterocycles. The molecule has 0 saturated heterocycles. The summed E-state index contributed by atoms with van der Waals surface area (Å²) < 4.78 is 10.6. The van der Waals surface area contributed by atoms with E-state index in [2.05, 4.69) is 0 Å². The van der Waals surface area contributed by atoms with Crippen molar-refractivity contribution in [2.24, 2.45) is 5.92 Å². The average molecular weight is 263 g/mol. The minimum absolute atomic E-state index is 0.321. The van der Waals surface area contributed by atoms with Crippen LogP contribution < -0.4 is 9.47 Å². The van der Waals surface area contributed by atoms with E-state index in [1.54, 1.807) is 7.11 Å². The summed E-state index contributed by atoms with van der Waals surface area (Å²) in [6.45, 7) is 0.635. The van der Waals surface area contributed by atoms with Crippen LogP contribution in [0.25, 0.3) is 0 Å². The Hall–Kier alpha value is -0.600. The molecule has 0 unspecified atom stereocenters. The van der Waals surface area contributed by atoms with E-state index in [0.717, 1.165) is 17.9 Å². The van der Waals surface area contributed by atoms with Crippen LogP contribution in [0, 0.1) is 5.92 Å². The molecular formula is C12H16Cl2O2. The van der Waals surface area contributed by atoms with Crippen LogP contribution in [0.3, 0.4) is 0 Å². The monoisotopic (exact) mass is 262 g/mol. The fourth-order valence-electron chi connectivity index (χ4n) is 1.21. The molecule has 0 aliphatic carbocycles. The zero-order valence-electron chi connectivity index (χ0n) is 9.29. The van der Waals surface area contributed by atoms with Crippen molar-refractivity contribution in [2.75, 3.05) is 25.5 Å². The third kappa shape index (κ3) is 4.50. The molecule has 0 atom stereocenters. The number of hydrogen-bond donors (Lipinski definition) is 0. The van der Waals surface area contributed by atoms with Crippen molar-refractivity contribution in [1.82, 2.24) is 0 Å². The highest BCUT2D eigenvalue weighted by atomic mass is 35.5. The summed E-state index contributed by atoms with van der Waals surface area (Å²) in [6.07, 6.45) is 0.874. The van der Waals surface area contributed by atoms with Crippen molar-refractivity contribution < 1.29 is 9.47 Å². The van der Waals surface area contributed by atoms with E-state index in [1.807, 2.05) is 24.3 Å². The minimum Gasteiger partial charge on any atom is -0.497 e. The summed E-state index contributed by atoms with van der Waals surface area (Å²) in [7, 11) is 1.64. The third-order valence-electron chi connectivity index (χ3n) is 2.29. The smallest absolute Gasteiger partial charge is 0.119 e. The van der Waals surface area contributed by atoms with Crippen molar-refractivity contribution in [3.63, 3.8) is 0 Å². The molecule has 0 amide bonds. The lowest BCUT2D eigenvalue weighted by molar-refractivity contribution is 0.290. The standard InChI is InChI=1S/C12H16Cl2O2/c1-15-11-2-4-12(5-3-11)16-7-6-10(8-13)9-14/h2-5,10H,6-9H2,1H3. The molecule has 0 N–H and O–H groups in total. The average Bonchev–Trinajstić information content (AvgIpc) is 2.35. The van der Waals surface area contributed by atoms with Crippen LogP contribution >= 0.6 is 23.2 Å². The molecule has 0 radical (unpaired) electrons. The summed E-state index contributed by atoms with van der Waals surface area (Å²) in [6, 6.07) is 7.51. The highest BCUT2D eigenvalue weighted by Gasteiger charge is 2.05. The normalized spacial score (nSPS) is 10.5. The van der Waals surface area contributed by atoms with E-state index in [4.69, 9.17) is 32.7 Å². The zero-order chi connectivity index (χ0) is 11.8. The molecule has 2 nitrogen and oxygen atoms in total. The molecule has 0 fully saturated rings. The van der Waals surface area contributed by atoms with Crippen molar-refractivity contribution in [2.45, 2.75) is 6.42 Å². The Morgan fingerprint density at radius 2 is 1.62 bits per heavy atom. The molecule has 1 aromatic carbocycles. The molecule has 16 heavy (non-hydrogen) atoms. The maximum atomic E-state index is 5.73. The molecule has 0 heterocycles. The van der Waals surface area contributed by atoms with Gasteiger partial charge in [-0.2, -0.15) is 0 Å². The van der Waals surface area contributed by atoms with Crippen LogP contribution in [0.1, 0.15) is 6.42 Å². The number of benzene rings is 1. The number of ether oxygens (including phenoxy) is 2. The van der Waals surface area contributed by atoms with Crippen LogP contribution in [0.2, 0.25) is 0 Å². The van der Waals surface area contributed by atoms with Gasteiger partial charge in [0.25, 0.3) is 0 Å². The second kappa shape index (κ2) is 7.64. The predicted octanol–water partition coefficient (Wildman–Crippen LogP) is 3.56. The molecule has 1 rings (SSSR count). The lowest BCUT2D eigenvalue weighted by atomic mass is 10.1. The predicted molar refractivity (Wildman–Crippen MR) is 68.0 cm³/mol. The largest absolute Gasteiger partial charge is 0.497 e. The maximum absolute atomic E-state index is 5.73. The number of hydrogen-bond acceptors (Lipinski definition) is 2. The SMILES string of the molecule is COc1ccc(OCCC(CCl)CCl)cc1. The van der Waals surface area contributed by atoms with Gasteiger partial charge in [0, 0.05) is 11.8 Å². The van der Waals surface area contributed by atoms with Gasteiger partial charge in [-0.25, -0.2) is 0 Å². The molecule has 1 aromatic rings. The van der Waals surface area contributed by atoms with Crippen LogP contribution in [0.15, 0.2) is 24.3 Å². The molecule has 4 heteroatoms. The Kier molecular flexibility index (Phi) is 6.43. The van der Waals surface area contributed by atoms with Gasteiger partial charge in [-0.15, -0.1) is 23.2 Å². The van der Waals surface area contributed by atoms with E-state index in [-0.39, 0.29) is 0 Å². The summed E-state index contributed by atoms with van der Waals surface area (Å²) in [5, 5.41) is 0. The minimum atomic E-state index is 0.321. The van der Waals surface area contributed by atoms with Crippen LogP contribution in [-0.2, 0) is 0 Å². The first-order valence-electron chi connectivity index (χ1n) is 5.19. The van der Waals surface area contributed by atoms with E-state index in [9.17, 15) is 0 Å². The number of halogens is 2. The summed E-state index contributed by atoms with van der Waals surface area (Å²) in [5.74, 6) is 3.14. The highest BCUT2D eigenvalue weighted by molar-refractivity contribution is 6.20. The van der Waals surface area contributed by atoms with Gasteiger partial charge in [-0.1, -0.05) is 0 Å². The van der Waals surface area contributed by atoms with Gasteiger partial charge in [0.2, 0.25) is 0 Å². The molecule has 0 spiro atoms. The molecule has 0 aliphatic rings. The van der Waals surface area contributed by atoms with E-state index < -0.39 is 0 Å². The fourth-order valence-corrected chi connectivity index (χ4v) is 1.85. The summed E-state index contributed by atoms with van der Waals surface area (Å²) in [5.41, 5.74) is 0. The first-order chi connectivity index (χ1) is 7.80. The maximum Gasteiger partial charge on any atom is 0.119 e. The quantitative estimate of drug-likeness (QED) is 0.700. The van der Waals surface area contributed by atoms with E-state index >= 15 is 0 Å². The van der Waals surface area contributed by atoms with Crippen LogP contribution in [0.5, 0.6) is 11.5 Å². The fraction of sp³-hybridized carbons (Fsp3) is 0.500. The number of alkyl halides is 2. The molecule has 0 aromatic heterocycles. The van der Waals surface area contributed by atoms with E-state index in [1.165, 1.54) is 0 Å². The van der Waals surface area contributed by atoms with Gasteiger partial charge in [0.1, 0.15) is 11.5 Å². The number of methoxy groups -OCH3 is 1. The van der Waals surface area contributed by atoms with Gasteiger partial charge in [-0.05, 0) is 36.6 Å². The van der Waals surface area contributed by atoms with Gasteiger partial charge in [0.05, 0.1) is 13.7 Å². The summed E-state index contributed by atoms with van der Waals surface area (Å²) >= 11 is 11.5. The Morgan fingerprint density at radius 1 is 1.06 bits per heavy atom. The Balaban J connectivity index is 2.31. The second-order valence-corrected chi connectivity index (χ2v) is 4.10. The third-order valence-corrected chi connectivity index (χ3v) is 3.16. The topological polar surface area (TPSA) is 18.5 Å². The van der Waals surface area contributed by atoms with Crippen molar-refractivity contribution in [3.8, 4) is 11.5 Å². The summed E-state index contributed by atoms with van der Waals surface area (Å²) in [4.78, 5) is 0. The highest BCUT2D eigenvalue weighted by Crippen LogP contribution is 2.18. The molecule has 90 valence electrons. The first kappa shape index (κ1) is 13.5. The first-order valence-corrected chi connectivity index (χ1v) is 6.25. The van der Waals surface area contributed by atoms with Crippen LogP contribution in [-0.4, -0.2) is 25.5 Å². The van der Waals surface area contributed by atoms with Gasteiger partial charge < -0.3 is 9.47 Å². The van der Waals surface area contributed by atoms with Gasteiger partial charge in [0.15, 0.2) is 0 Å². The Morgan fingerprint density at radius 3 is 2.12 bits per heavy atom. The lowest BCUT2D eigenvalue weighted by Crippen LogP contribution is -2.09. The van der Waals surface area contributed by atoms with E-state index in [0.29, 0.717) is 24.3 Å². The molecule has 0 bridgehead atoms. The van der Waals surface area contributed by atoms with Gasteiger partial charge in [-0.3, -0.25) is 0 Å². The van der Waals surface area contributed by atoms with Gasteiger partial charge >= 0.3 is 0 Å². The van der Waals surface area contributed by atoms with Crippen molar-refractivity contribution in [3.05, 3.63) is 24.3 Å². The molecule has 0 saturated carbocycles. The second-order valence-electron chi connectivity index (χ2n) is 3.49. The van der Waals surface area contributed by atoms with Crippen LogP contribution in [0.4, 0.5) is 0 Å². The molecular weight excluding hydrogens is 247 g/mol. The number of rotatable bonds is 7. The van der Waals surface area contributed by atoms with Crippen molar-refractivity contribution in [1.29, 1.82) is 0 Å². The zero-order valence-corrected chi connectivity index (χ0v) is 10.8. The van der Waals surface area contributed by atoms with Crippen molar-refractivity contribution >= 4 is 23.2 Å².